The van der Waals surface area contributed by atoms with Crippen LogP contribution in [-0.2, 0) is 4.79 Å². The molecule has 1 aromatic carbocycles. The first kappa shape index (κ1) is 15.3. The zero-order valence-corrected chi connectivity index (χ0v) is 13.0. The van der Waals surface area contributed by atoms with E-state index in [2.05, 4.69) is 10.3 Å². The Kier molecular flexibility index (Phi) is 3.90. The number of nitrogens with zero attached hydrogens (tertiary/aromatic N) is 1. The zero-order chi connectivity index (χ0) is 16.6. The number of fused-ring (bicyclic) bond motifs is 1. The summed E-state index contributed by atoms with van der Waals surface area (Å²) in [4.78, 5) is 27.7. The molecular formula is C17H18N2O4. The second kappa shape index (κ2) is 5.87. The molecule has 0 bridgehead atoms. The molecule has 6 nitrogen and oxygen atoms in total. The van der Waals surface area contributed by atoms with E-state index in [9.17, 15) is 9.59 Å². The van der Waals surface area contributed by atoms with E-state index in [1.54, 1.807) is 20.1 Å². The quantitative estimate of drug-likeness (QED) is 0.902. The predicted octanol–water partition coefficient (Wildman–Crippen LogP) is 2.14. The van der Waals surface area contributed by atoms with Crippen molar-refractivity contribution in [2.75, 3.05) is 7.11 Å². The standard InChI is InChI=1S/C17H18N2O4/c1-9-14(16(20)19-12-5-11(6-12)17(21)22)7-10-3-4-13(23-2)8-15(10)18-9/h3-4,7-8,11-12H,5-6H2,1-2H3,(H,19,20)(H,21,22). The second-order valence-electron chi connectivity index (χ2n) is 5.86. The van der Waals surface area contributed by atoms with E-state index in [0.29, 0.717) is 24.1 Å². The minimum absolute atomic E-state index is 0.0745. The van der Waals surface area contributed by atoms with Crippen LogP contribution >= 0.6 is 0 Å². The minimum atomic E-state index is -0.798. The number of carbonyl (C=O) groups is 2. The number of aromatic nitrogens is 1. The van der Waals surface area contributed by atoms with Gasteiger partial charge in [0.2, 0.25) is 0 Å². The van der Waals surface area contributed by atoms with Gasteiger partial charge in [-0.1, -0.05) is 0 Å². The minimum Gasteiger partial charge on any atom is -0.497 e. The number of carboxylic acid groups (broad SMARTS) is 1. The highest BCUT2D eigenvalue weighted by molar-refractivity contribution is 5.99. The molecule has 2 N–H and O–H groups in total. The van der Waals surface area contributed by atoms with Crippen molar-refractivity contribution >= 4 is 22.8 Å². The van der Waals surface area contributed by atoms with Gasteiger partial charge < -0.3 is 15.2 Å². The van der Waals surface area contributed by atoms with Crippen LogP contribution < -0.4 is 10.1 Å². The molecule has 1 aliphatic rings. The Morgan fingerprint density at radius 2 is 2.04 bits per heavy atom. The summed E-state index contributed by atoms with van der Waals surface area (Å²) < 4.78 is 5.18. The Labute approximate surface area is 133 Å². The average Bonchev–Trinajstić information content (AvgIpc) is 2.48. The lowest BCUT2D eigenvalue weighted by Gasteiger charge is -2.32. The Balaban J connectivity index is 1.78. The predicted molar refractivity (Wildman–Crippen MR) is 84.6 cm³/mol. The van der Waals surface area contributed by atoms with Crippen molar-refractivity contribution in [3.8, 4) is 5.75 Å². The van der Waals surface area contributed by atoms with Gasteiger partial charge in [0.05, 0.1) is 29.8 Å². The van der Waals surface area contributed by atoms with E-state index in [-0.39, 0.29) is 17.9 Å². The molecular weight excluding hydrogens is 296 g/mol. The van der Waals surface area contributed by atoms with Crippen molar-refractivity contribution in [1.82, 2.24) is 10.3 Å². The third kappa shape index (κ3) is 2.97. The fraction of sp³-hybridized carbons (Fsp3) is 0.353. The highest BCUT2D eigenvalue weighted by atomic mass is 16.5. The molecule has 1 heterocycles. The number of amides is 1. The number of hydrogen-bond acceptors (Lipinski definition) is 4. The van der Waals surface area contributed by atoms with Crippen molar-refractivity contribution in [3.05, 3.63) is 35.5 Å². The first-order valence-electron chi connectivity index (χ1n) is 7.47. The zero-order valence-electron chi connectivity index (χ0n) is 13.0. The summed E-state index contributed by atoms with van der Waals surface area (Å²) in [5.74, 6) is -0.631. The van der Waals surface area contributed by atoms with Crippen molar-refractivity contribution in [2.24, 2.45) is 5.92 Å². The number of pyridine rings is 1. The number of carboxylic acids is 1. The molecule has 1 amide bonds. The van der Waals surface area contributed by atoms with Gasteiger partial charge in [0.25, 0.3) is 5.91 Å². The van der Waals surface area contributed by atoms with Gasteiger partial charge in [0.1, 0.15) is 5.75 Å². The maximum Gasteiger partial charge on any atom is 0.306 e. The summed E-state index contributed by atoms with van der Waals surface area (Å²) in [7, 11) is 1.60. The second-order valence-corrected chi connectivity index (χ2v) is 5.86. The molecule has 0 saturated heterocycles. The summed E-state index contributed by atoms with van der Waals surface area (Å²) in [5.41, 5.74) is 1.92. The molecule has 0 spiro atoms. The first-order chi connectivity index (χ1) is 11.0. The molecule has 0 radical (unpaired) electrons. The van der Waals surface area contributed by atoms with Gasteiger partial charge in [-0.15, -0.1) is 0 Å². The van der Waals surface area contributed by atoms with E-state index in [4.69, 9.17) is 9.84 Å². The van der Waals surface area contributed by atoms with Crippen LogP contribution in [0.5, 0.6) is 5.75 Å². The topological polar surface area (TPSA) is 88.5 Å². The third-order valence-electron chi connectivity index (χ3n) is 4.28. The Morgan fingerprint density at radius 1 is 1.30 bits per heavy atom. The lowest BCUT2D eigenvalue weighted by atomic mass is 9.80. The molecule has 120 valence electrons. The van der Waals surface area contributed by atoms with Gasteiger partial charge >= 0.3 is 5.97 Å². The summed E-state index contributed by atoms with van der Waals surface area (Å²) in [6, 6.07) is 7.24. The number of methoxy groups -OCH3 is 1. The van der Waals surface area contributed by atoms with Gasteiger partial charge in [0.15, 0.2) is 0 Å². The highest BCUT2D eigenvalue weighted by Gasteiger charge is 2.35. The highest BCUT2D eigenvalue weighted by Crippen LogP contribution is 2.28. The van der Waals surface area contributed by atoms with Crippen LogP contribution in [0.3, 0.4) is 0 Å². The fourth-order valence-corrected chi connectivity index (χ4v) is 2.80. The third-order valence-corrected chi connectivity index (χ3v) is 4.28. The van der Waals surface area contributed by atoms with Crippen molar-refractivity contribution < 1.29 is 19.4 Å². The summed E-state index contributed by atoms with van der Waals surface area (Å²) in [6.45, 7) is 1.79. The summed E-state index contributed by atoms with van der Waals surface area (Å²) in [6.07, 6.45) is 0.969. The smallest absolute Gasteiger partial charge is 0.306 e. The molecule has 1 aromatic heterocycles. The number of carbonyl (C=O) groups excluding carboxylic acids is 1. The molecule has 23 heavy (non-hydrogen) atoms. The van der Waals surface area contributed by atoms with Crippen molar-refractivity contribution in [3.63, 3.8) is 0 Å². The molecule has 0 aliphatic heterocycles. The van der Waals surface area contributed by atoms with Gasteiger partial charge in [-0.05, 0) is 38.0 Å². The molecule has 2 aromatic rings. The monoisotopic (exact) mass is 314 g/mol. The summed E-state index contributed by atoms with van der Waals surface area (Å²) >= 11 is 0. The van der Waals surface area contributed by atoms with Crippen LogP contribution in [0.25, 0.3) is 10.9 Å². The maximum atomic E-state index is 12.4. The van der Waals surface area contributed by atoms with Crippen molar-refractivity contribution in [2.45, 2.75) is 25.8 Å². The van der Waals surface area contributed by atoms with Crippen LogP contribution in [0.2, 0.25) is 0 Å². The van der Waals surface area contributed by atoms with E-state index in [1.807, 2.05) is 18.2 Å². The maximum absolute atomic E-state index is 12.4. The molecule has 3 rings (SSSR count). The first-order valence-corrected chi connectivity index (χ1v) is 7.47. The van der Waals surface area contributed by atoms with E-state index in [1.165, 1.54) is 0 Å². The Morgan fingerprint density at radius 3 is 2.70 bits per heavy atom. The van der Waals surface area contributed by atoms with Gasteiger partial charge in [-0.2, -0.15) is 0 Å². The number of aliphatic carboxylic acids is 1. The molecule has 0 unspecified atom stereocenters. The number of hydrogen-bond donors (Lipinski definition) is 2. The van der Waals surface area contributed by atoms with Gasteiger partial charge in [-0.3, -0.25) is 14.6 Å². The van der Waals surface area contributed by atoms with Crippen molar-refractivity contribution in [1.29, 1.82) is 0 Å². The number of ether oxygens (including phenoxy) is 1. The lowest BCUT2D eigenvalue weighted by molar-refractivity contribution is -0.145. The molecule has 1 fully saturated rings. The molecule has 1 aliphatic carbocycles. The largest absolute Gasteiger partial charge is 0.497 e. The van der Waals surface area contributed by atoms with E-state index >= 15 is 0 Å². The number of rotatable bonds is 4. The number of aryl methyl sites for hydroxylation is 1. The van der Waals surface area contributed by atoms with Gasteiger partial charge in [-0.25, -0.2) is 0 Å². The van der Waals surface area contributed by atoms with E-state index < -0.39 is 5.97 Å². The number of nitrogens with one attached hydrogen (secondary N) is 1. The van der Waals surface area contributed by atoms with Crippen LogP contribution in [0.4, 0.5) is 0 Å². The Bertz CT molecular complexity index is 782. The molecule has 0 atom stereocenters. The van der Waals surface area contributed by atoms with Gasteiger partial charge in [0, 0.05) is 17.5 Å². The van der Waals surface area contributed by atoms with Crippen LogP contribution in [0.15, 0.2) is 24.3 Å². The summed E-state index contributed by atoms with van der Waals surface area (Å²) in [5, 5.41) is 12.6. The van der Waals surface area contributed by atoms with Crippen LogP contribution in [0.1, 0.15) is 28.9 Å². The average molecular weight is 314 g/mol. The normalized spacial score (nSPS) is 19.9. The van der Waals surface area contributed by atoms with E-state index in [0.717, 1.165) is 16.7 Å². The number of benzene rings is 1. The lowest BCUT2D eigenvalue weighted by Crippen LogP contribution is -2.46. The Hall–Kier alpha value is -2.63. The van der Waals surface area contributed by atoms with Crippen LogP contribution in [0, 0.1) is 12.8 Å². The fourth-order valence-electron chi connectivity index (χ4n) is 2.80. The molecule has 6 heteroatoms. The molecule has 1 saturated carbocycles. The van der Waals surface area contributed by atoms with Crippen LogP contribution in [-0.4, -0.2) is 35.1 Å². The SMILES string of the molecule is COc1ccc2cc(C(=O)NC3CC(C(=O)O)C3)c(C)nc2c1.